The van der Waals surface area contributed by atoms with Gasteiger partial charge in [0.15, 0.2) is 11.9 Å². The van der Waals surface area contributed by atoms with Crippen LogP contribution in [-0.4, -0.2) is 16.9 Å². The summed E-state index contributed by atoms with van der Waals surface area (Å²) in [5, 5.41) is 13.8. The maximum absolute atomic E-state index is 13.0. The highest BCUT2D eigenvalue weighted by Crippen LogP contribution is 2.28. The molecule has 0 aromatic heterocycles. The fraction of sp³-hybridized carbons (Fsp3) is 0.278. The second-order valence-electron chi connectivity index (χ2n) is 5.77. The van der Waals surface area contributed by atoms with Crippen LogP contribution in [0.3, 0.4) is 0 Å². The minimum atomic E-state index is -0.927. The first-order chi connectivity index (χ1) is 11.8. The maximum atomic E-state index is 13.0. The molecule has 2 rings (SSSR count). The van der Waals surface area contributed by atoms with Crippen LogP contribution in [0.5, 0.6) is 5.75 Å². The van der Waals surface area contributed by atoms with Crippen molar-refractivity contribution in [1.29, 1.82) is 0 Å². The Hall–Kier alpha value is -2.96. The highest BCUT2D eigenvalue weighted by Gasteiger charge is 2.22. The van der Waals surface area contributed by atoms with Crippen LogP contribution in [0.4, 0.5) is 10.1 Å². The topological polar surface area (TPSA) is 81.5 Å². The van der Waals surface area contributed by atoms with Crippen molar-refractivity contribution in [2.75, 3.05) is 0 Å². The van der Waals surface area contributed by atoms with Crippen LogP contribution in [0.2, 0.25) is 0 Å². The molecule has 0 saturated heterocycles. The zero-order valence-corrected chi connectivity index (χ0v) is 14.2. The number of nitrogens with zero attached hydrogens (tertiary/aromatic N) is 1. The molecule has 0 fully saturated rings. The number of hydrogen-bond acceptors (Lipinski definition) is 4. The molecule has 1 N–H and O–H groups in total. The van der Waals surface area contributed by atoms with Crippen molar-refractivity contribution in [3.05, 3.63) is 69.5 Å². The van der Waals surface area contributed by atoms with Crippen LogP contribution in [0.1, 0.15) is 31.0 Å². The summed E-state index contributed by atoms with van der Waals surface area (Å²) in [6, 6.07) is 9.97. The van der Waals surface area contributed by atoms with E-state index in [0.29, 0.717) is 0 Å². The molecule has 0 unspecified atom stereocenters. The van der Waals surface area contributed by atoms with Gasteiger partial charge in [0.1, 0.15) is 5.82 Å². The van der Waals surface area contributed by atoms with Crippen LogP contribution < -0.4 is 10.1 Å². The molecule has 2 atom stereocenters. The van der Waals surface area contributed by atoms with Gasteiger partial charge in [0.25, 0.3) is 5.91 Å². The third-order valence-electron chi connectivity index (χ3n) is 3.71. The van der Waals surface area contributed by atoms with E-state index in [1.54, 1.807) is 32.0 Å². The first-order valence-electron chi connectivity index (χ1n) is 7.75. The van der Waals surface area contributed by atoms with Gasteiger partial charge in [-0.3, -0.25) is 14.9 Å². The van der Waals surface area contributed by atoms with Gasteiger partial charge >= 0.3 is 5.69 Å². The first kappa shape index (κ1) is 18.4. The summed E-state index contributed by atoms with van der Waals surface area (Å²) < 4.78 is 18.4. The number of benzene rings is 2. The fourth-order valence-corrected chi connectivity index (χ4v) is 2.28. The molecule has 0 aliphatic carbocycles. The van der Waals surface area contributed by atoms with Gasteiger partial charge in [0.2, 0.25) is 0 Å². The third kappa shape index (κ3) is 4.76. The molecule has 0 bridgehead atoms. The molecule has 1 amide bonds. The van der Waals surface area contributed by atoms with Gasteiger partial charge in [0.05, 0.1) is 11.0 Å². The van der Waals surface area contributed by atoms with E-state index < -0.39 is 16.9 Å². The number of carbonyl (C=O) groups is 1. The number of rotatable bonds is 6. The molecule has 25 heavy (non-hydrogen) atoms. The molecule has 0 saturated carbocycles. The normalized spacial score (nSPS) is 13.0. The van der Waals surface area contributed by atoms with Crippen LogP contribution >= 0.6 is 0 Å². The van der Waals surface area contributed by atoms with E-state index in [9.17, 15) is 19.3 Å². The molecule has 7 heteroatoms. The van der Waals surface area contributed by atoms with Gasteiger partial charge < -0.3 is 10.1 Å². The molecule has 0 aliphatic rings. The molecule has 6 nitrogen and oxygen atoms in total. The summed E-state index contributed by atoms with van der Waals surface area (Å²) in [6.45, 7) is 5.00. The largest absolute Gasteiger partial charge is 0.474 e. The van der Waals surface area contributed by atoms with Crippen molar-refractivity contribution in [2.24, 2.45) is 0 Å². The summed E-state index contributed by atoms with van der Waals surface area (Å²) in [4.78, 5) is 22.8. The number of hydrogen-bond donors (Lipinski definition) is 1. The maximum Gasteiger partial charge on any atom is 0.311 e. The molecule has 0 aliphatic heterocycles. The summed E-state index contributed by atoms with van der Waals surface area (Å²) in [7, 11) is 0. The van der Waals surface area contributed by atoms with Crippen molar-refractivity contribution in [2.45, 2.75) is 32.9 Å². The van der Waals surface area contributed by atoms with E-state index >= 15 is 0 Å². The second-order valence-corrected chi connectivity index (χ2v) is 5.77. The third-order valence-corrected chi connectivity index (χ3v) is 3.71. The molecule has 0 heterocycles. The van der Waals surface area contributed by atoms with Gasteiger partial charge in [-0.25, -0.2) is 4.39 Å². The minimum absolute atomic E-state index is 0.0349. The summed E-state index contributed by atoms with van der Waals surface area (Å²) in [5.74, 6) is -0.745. The van der Waals surface area contributed by atoms with E-state index in [1.807, 2.05) is 0 Å². The van der Waals surface area contributed by atoms with E-state index in [1.165, 1.54) is 31.2 Å². The number of aryl methyl sites for hydroxylation is 1. The predicted octanol–water partition coefficient (Wildman–Crippen LogP) is 3.69. The van der Waals surface area contributed by atoms with Crippen molar-refractivity contribution in [3.8, 4) is 5.75 Å². The number of amides is 1. The van der Waals surface area contributed by atoms with Gasteiger partial charge in [-0.15, -0.1) is 0 Å². The first-order valence-corrected chi connectivity index (χ1v) is 7.75. The van der Waals surface area contributed by atoms with E-state index in [2.05, 4.69) is 5.32 Å². The predicted molar refractivity (Wildman–Crippen MR) is 90.9 cm³/mol. The van der Waals surface area contributed by atoms with Crippen LogP contribution in [0, 0.1) is 22.9 Å². The molecule has 132 valence electrons. The molecule has 2 aromatic rings. The molecule has 2 aromatic carbocycles. The number of ether oxygens (including phenoxy) is 1. The number of nitro groups is 1. The van der Waals surface area contributed by atoms with Crippen LogP contribution in [-0.2, 0) is 4.79 Å². The summed E-state index contributed by atoms with van der Waals surface area (Å²) in [6.07, 6.45) is -0.927. The van der Waals surface area contributed by atoms with Crippen LogP contribution in [0.25, 0.3) is 0 Å². The zero-order valence-electron chi connectivity index (χ0n) is 14.2. The number of halogens is 1. The van der Waals surface area contributed by atoms with Gasteiger partial charge in [0, 0.05) is 6.07 Å². The Kier molecular flexibility index (Phi) is 5.69. The lowest BCUT2D eigenvalue weighted by Crippen LogP contribution is -2.37. The molecule has 0 spiro atoms. The van der Waals surface area contributed by atoms with E-state index in [-0.39, 0.29) is 23.3 Å². The average molecular weight is 346 g/mol. The molecule has 0 radical (unpaired) electrons. The SMILES string of the molecule is Cc1ccc(O[C@@H](C)C(=O)N[C@@H](C)c2ccc(F)cc2)c([N+](=O)[O-])c1. The zero-order chi connectivity index (χ0) is 18.6. The molecular formula is C18H19FN2O4. The Morgan fingerprint density at radius 2 is 1.84 bits per heavy atom. The highest BCUT2D eigenvalue weighted by molar-refractivity contribution is 5.81. The van der Waals surface area contributed by atoms with Gasteiger partial charge in [-0.05, 0) is 50.1 Å². The number of nitro benzene ring substituents is 1. The van der Waals surface area contributed by atoms with Crippen LogP contribution in [0.15, 0.2) is 42.5 Å². The van der Waals surface area contributed by atoms with Gasteiger partial charge in [-0.1, -0.05) is 18.2 Å². The van der Waals surface area contributed by atoms with Gasteiger partial charge in [-0.2, -0.15) is 0 Å². The fourth-order valence-electron chi connectivity index (χ4n) is 2.28. The van der Waals surface area contributed by atoms with Crippen molar-refractivity contribution in [3.63, 3.8) is 0 Å². The highest BCUT2D eigenvalue weighted by atomic mass is 19.1. The molecular weight excluding hydrogens is 327 g/mol. The van der Waals surface area contributed by atoms with Crippen molar-refractivity contribution < 1.29 is 18.8 Å². The average Bonchev–Trinajstić information content (AvgIpc) is 2.56. The summed E-state index contributed by atoms with van der Waals surface area (Å²) >= 11 is 0. The standard InChI is InChI=1S/C18H19FN2O4/c1-11-4-9-17(16(10-11)21(23)24)25-13(3)18(22)20-12(2)14-5-7-15(19)8-6-14/h4-10,12-13H,1-3H3,(H,20,22)/t12-,13-/m0/s1. The lowest BCUT2D eigenvalue weighted by atomic mass is 10.1. The Morgan fingerprint density at radius 3 is 2.44 bits per heavy atom. The Bertz CT molecular complexity index is 777. The Morgan fingerprint density at radius 1 is 1.20 bits per heavy atom. The second kappa shape index (κ2) is 7.74. The Labute approximate surface area is 144 Å². The lowest BCUT2D eigenvalue weighted by molar-refractivity contribution is -0.386. The van der Waals surface area contributed by atoms with Crippen molar-refractivity contribution >= 4 is 11.6 Å². The quantitative estimate of drug-likeness (QED) is 0.639. The minimum Gasteiger partial charge on any atom is -0.474 e. The van der Waals surface area contributed by atoms with Crippen molar-refractivity contribution in [1.82, 2.24) is 5.32 Å². The number of nitrogens with one attached hydrogen (secondary N) is 1. The van der Waals surface area contributed by atoms with E-state index in [4.69, 9.17) is 4.74 Å². The lowest BCUT2D eigenvalue weighted by Gasteiger charge is -2.19. The monoisotopic (exact) mass is 346 g/mol. The van der Waals surface area contributed by atoms with E-state index in [0.717, 1.165) is 11.1 Å². The summed E-state index contributed by atoms with van der Waals surface area (Å²) in [5.41, 5.74) is 1.27. The number of carbonyl (C=O) groups excluding carboxylic acids is 1. The Balaban J connectivity index is 2.05. The smallest absolute Gasteiger partial charge is 0.311 e.